The van der Waals surface area contributed by atoms with E-state index in [0.29, 0.717) is 0 Å². The normalized spacial score (nSPS) is 14.8. The van der Waals surface area contributed by atoms with E-state index in [0.717, 1.165) is 0 Å². The molecule has 2 heteroatoms. The fourth-order valence-electron chi connectivity index (χ4n) is 0.874. The highest BCUT2D eigenvalue weighted by Gasteiger charge is 2.13. The van der Waals surface area contributed by atoms with E-state index in [1.807, 2.05) is 13.1 Å². The van der Waals surface area contributed by atoms with Gasteiger partial charge in [0.2, 0.25) is 0 Å². The molecule has 0 radical (unpaired) electrons. The minimum absolute atomic E-state index is 0.153. The third-order valence-corrected chi connectivity index (χ3v) is 1.56. The van der Waals surface area contributed by atoms with Gasteiger partial charge in [-0.25, -0.2) is 0 Å². The molecule has 0 spiro atoms. The van der Waals surface area contributed by atoms with Crippen LogP contribution in [-0.4, -0.2) is 6.21 Å². The first-order valence-corrected chi connectivity index (χ1v) is 4.09. The molecule has 0 rings (SSSR count). The maximum atomic E-state index is 5.15. The smallest absolute Gasteiger partial charge is 0.0422 e. The van der Waals surface area contributed by atoms with Crippen LogP contribution in [-0.2, 0) is 0 Å². The van der Waals surface area contributed by atoms with Crippen molar-refractivity contribution in [2.75, 3.05) is 0 Å². The summed E-state index contributed by atoms with van der Waals surface area (Å²) in [5.74, 6) is 0. The number of nitrogens with two attached hydrogens (primary N) is 1. The van der Waals surface area contributed by atoms with Crippen LogP contribution in [0.4, 0.5) is 0 Å². The Hall–Kier alpha value is -1.05. The quantitative estimate of drug-likeness (QED) is 0.629. The van der Waals surface area contributed by atoms with Gasteiger partial charge in [0, 0.05) is 18.6 Å². The molecule has 0 atom stereocenters. The number of rotatable bonds is 2. The number of nitrogens with zero attached hydrogens (tertiary/aromatic N) is 1. The zero-order chi connectivity index (χ0) is 9.61. The van der Waals surface area contributed by atoms with Crippen molar-refractivity contribution < 1.29 is 0 Å². The summed E-state index contributed by atoms with van der Waals surface area (Å²) in [5.41, 5.74) is 6.51. The standard InChI is InChI=1S/C10H18N2/c1-5-9(10(2,3)4)8-12-7-6-11/h5-8H,11H2,1-4H3/b7-6-,9-5+,12-8-. The minimum Gasteiger partial charge on any atom is -0.403 e. The van der Waals surface area contributed by atoms with Crippen molar-refractivity contribution in [2.24, 2.45) is 16.1 Å². The Balaban J connectivity index is 4.41. The van der Waals surface area contributed by atoms with Crippen molar-refractivity contribution in [2.45, 2.75) is 27.7 Å². The predicted molar refractivity (Wildman–Crippen MR) is 55.0 cm³/mol. The lowest BCUT2D eigenvalue weighted by atomic mass is 9.87. The molecule has 0 unspecified atom stereocenters. The second-order valence-electron chi connectivity index (χ2n) is 3.61. The van der Waals surface area contributed by atoms with Crippen LogP contribution >= 0.6 is 0 Å². The first-order chi connectivity index (χ1) is 5.52. The van der Waals surface area contributed by atoms with Crippen molar-refractivity contribution in [3.63, 3.8) is 0 Å². The van der Waals surface area contributed by atoms with E-state index in [2.05, 4.69) is 31.8 Å². The van der Waals surface area contributed by atoms with Crippen LogP contribution in [0.25, 0.3) is 0 Å². The van der Waals surface area contributed by atoms with Crippen LogP contribution in [0.1, 0.15) is 27.7 Å². The van der Waals surface area contributed by atoms with Gasteiger partial charge in [0.25, 0.3) is 0 Å². The molecule has 0 heterocycles. The molecule has 68 valence electrons. The Morgan fingerprint density at radius 2 is 1.92 bits per heavy atom. The van der Waals surface area contributed by atoms with Gasteiger partial charge >= 0.3 is 0 Å². The van der Waals surface area contributed by atoms with Crippen LogP contribution in [0.3, 0.4) is 0 Å². The first kappa shape index (κ1) is 11.0. The maximum absolute atomic E-state index is 5.15. The molecule has 0 aromatic rings. The number of hydrogen-bond acceptors (Lipinski definition) is 2. The van der Waals surface area contributed by atoms with Gasteiger partial charge in [-0.3, -0.25) is 4.99 Å². The predicted octanol–water partition coefficient (Wildman–Crippen LogP) is 2.48. The second-order valence-corrected chi connectivity index (χ2v) is 3.61. The zero-order valence-corrected chi connectivity index (χ0v) is 8.33. The summed E-state index contributed by atoms with van der Waals surface area (Å²) in [7, 11) is 0. The van der Waals surface area contributed by atoms with E-state index >= 15 is 0 Å². The van der Waals surface area contributed by atoms with Crippen molar-refractivity contribution in [3.05, 3.63) is 24.0 Å². The molecule has 0 aliphatic rings. The van der Waals surface area contributed by atoms with Crippen LogP contribution in [0.15, 0.2) is 29.0 Å². The Morgan fingerprint density at radius 3 is 2.25 bits per heavy atom. The molecule has 0 aliphatic heterocycles. The molecule has 0 aromatic heterocycles. The van der Waals surface area contributed by atoms with Gasteiger partial charge in [0.15, 0.2) is 0 Å². The molecule has 0 aromatic carbocycles. The van der Waals surface area contributed by atoms with Gasteiger partial charge in [-0.2, -0.15) is 0 Å². The van der Waals surface area contributed by atoms with Gasteiger partial charge in [0.05, 0.1) is 0 Å². The van der Waals surface area contributed by atoms with E-state index in [1.165, 1.54) is 11.8 Å². The van der Waals surface area contributed by atoms with Crippen molar-refractivity contribution >= 4 is 6.21 Å². The van der Waals surface area contributed by atoms with Gasteiger partial charge in [-0.05, 0) is 17.9 Å². The largest absolute Gasteiger partial charge is 0.403 e. The molecular formula is C10H18N2. The van der Waals surface area contributed by atoms with Gasteiger partial charge in [-0.1, -0.05) is 26.8 Å². The van der Waals surface area contributed by atoms with Gasteiger partial charge in [0.1, 0.15) is 0 Å². The Morgan fingerprint density at radius 1 is 1.33 bits per heavy atom. The molecular weight excluding hydrogens is 148 g/mol. The summed E-state index contributed by atoms with van der Waals surface area (Å²) in [6, 6.07) is 0. The average Bonchev–Trinajstić information content (AvgIpc) is 1.95. The molecule has 0 bridgehead atoms. The van der Waals surface area contributed by atoms with E-state index < -0.39 is 0 Å². The number of allylic oxidation sites excluding steroid dienone is 2. The van der Waals surface area contributed by atoms with Crippen LogP contribution in [0.5, 0.6) is 0 Å². The summed E-state index contributed by atoms with van der Waals surface area (Å²) in [5, 5.41) is 0. The fraction of sp³-hybridized carbons (Fsp3) is 0.500. The lowest BCUT2D eigenvalue weighted by Crippen LogP contribution is -2.09. The first-order valence-electron chi connectivity index (χ1n) is 4.09. The molecule has 12 heavy (non-hydrogen) atoms. The fourth-order valence-corrected chi connectivity index (χ4v) is 0.874. The molecule has 0 saturated carbocycles. The van der Waals surface area contributed by atoms with Crippen LogP contribution in [0.2, 0.25) is 0 Å². The Kier molecular flexibility index (Phi) is 4.34. The SMILES string of the molecule is C\C=C(/C=N\C=C/N)C(C)(C)C. The average molecular weight is 166 g/mol. The van der Waals surface area contributed by atoms with Crippen molar-refractivity contribution in [3.8, 4) is 0 Å². The van der Waals surface area contributed by atoms with E-state index in [-0.39, 0.29) is 5.41 Å². The highest BCUT2D eigenvalue weighted by atomic mass is 14.7. The number of hydrogen-bond donors (Lipinski definition) is 1. The Bertz CT molecular complexity index is 204. The molecule has 0 saturated heterocycles. The third-order valence-electron chi connectivity index (χ3n) is 1.56. The van der Waals surface area contributed by atoms with Gasteiger partial charge in [-0.15, -0.1) is 0 Å². The maximum Gasteiger partial charge on any atom is 0.0422 e. The lowest BCUT2D eigenvalue weighted by Gasteiger charge is -2.18. The van der Waals surface area contributed by atoms with Gasteiger partial charge < -0.3 is 5.73 Å². The molecule has 0 aliphatic carbocycles. The molecule has 0 fully saturated rings. The van der Waals surface area contributed by atoms with E-state index in [1.54, 1.807) is 6.20 Å². The highest BCUT2D eigenvalue weighted by molar-refractivity contribution is 5.80. The topological polar surface area (TPSA) is 38.4 Å². The van der Waals surface area contributed by atoms with Crippen molar-refractivity contribution in [1.82, 2.24) is 0 Å². The van der Waals surface area contributed by atoms with E-state index in [4.69, 9.17) is 5.73 Å². The highest BCUT2D eigenvalue weighted by Crippen LogP contribution is 2.23. The summed E-state index contributed by atoms with van der Waals surface area (Å²) in [6.45, 7) is 8.47. The summed E-state index contributed by atoms with van der Waals surface area (Å²) in [6.07, 6.45) is 6.90. The zero-order valence-electron chi connectivity index (χ0n) is 8.33. The lowest BCUT2D eigenvalue weighted by molar-refractivity contribution is 0.526. The second kappa shape index (κ2) is 4.75. The van der Waals surface area contributed by atoms with Crippen LogP contribution < -0.4 is 5.73 Å². The van der Waals surface area contributed by atoms with Crippen molar-refractivity contribution in [1.29, 1.82) is 0 Å². The summed E-state index contributed by atoms with van der Waals surface area (Å²) >= 11 is 0. The molecule has 2 nitrogen and oxygen atoms in total. The Labute approximate surface area is 74.9 Å². The summed E-state index contributed by atoms with van der Waals surface area (Å²) < 4.78 is 0. The van der Waals surface area contributed by atoms with E-state index in [9.17, 15) is 0 Å². The van der Waals surface area contributed by atoms with Crippen LogP contribution in [0, 0.1) is 5.41 Å². The minimum atomic E-state index is 0.153. The monoisotopic (exact) mass is 166 g/mol. The molecule has 2 N–H and O–H groups in total. The number of aliphatic imine (C=N–C) groups is 1. The third kappa shape index (κ3) is 3.96. The molecule has 0 amide bonds. The summed E-state index contributed by atoms with van der Waals surface area (Å²) in [4.78, 5) is 4.03.